The molecule has 7 nitrogen and oxygen atoms in total. The van der Waals surface area contributed by atoms with E-state index in [2.05, 4.69) is 5.32 Å². The molecule has 0 aliphatic heterocycles. The number of hydrogen-bond acceptors (Lipinski definition) is 6. The van der Waals surface area contributed by atoms with Crippen LogP contribution in [0.2, 0.25) is 0 Å². The van der Waals surface area contributed by atoms with Crippen molar-refractivity contribution in [3.63, 3.8) is 0 Å². The maximum Gasteiger partial charge on any atom is 0.329 e. The van der Waals surface area contributed by atoms with Crippen LogP contribution in [-0.2, 0) is 9.53 Å². The lowest BCUT2D eigenvalue weighted by Crippen LogP contribution is -2.45. The fourth-order valence-corrected chi connectivity index (χ4v) is 2.73. The Bertz CT molecular complexity index is 877. The smallest absolute Gasteiger partial charge is 0.329 e. The van der Waals surface area contributed by atoms with Crippen molar-refractivity contribution in [3.8, 4) is 11.5 Å². The van der Waals surface area contributed by atoms with Gasteiger partial charge < -0.3 is 19.5 Å². The number of esters is 1. The number of hydrogen-bond donors (Lipinski definition) is 1. The van der Waals surface area contributed by atoms with Gasteiger partial charge in [0.05, 0.1) is 25.3 Å². The Labute approximate surface area is 170 Å². The number of carbonyl (C=O) groups excluding carboxylic acids is 3. The summed E-state index contributed by atoms with van der Waals surface area (Å²) in [6.45, 7) is 3.10. The Kier molecular flexibility index (Phi) is 7.77. The lowest BCUT2D eigenvalue weighted by atomic mass is 10.0. The molecule has 29 heavy (non-hydrogen) atoms. The van der Waals surface area contributed by atoms with Crippen LogP contribution < -0.4 is 14.8 Å². The van der Waals surface area contributed by atoms with Crippen LogP contribution in [0.3, 0.4) is 0 Å². The molecule has 0 aliphatic rings. The minimum Gasteiger partial charge on any atom is -0.496 e. The number of amides is 1. The van der Waals surface area contributed by atoms with Gasteiger partial charge in [0.2, 0.25) is 5.78 Å². The lowest BCUT2D eigenvalue weighted by molar-refractivity contribution is -0.145. The predicted octanol–water partition coefficient (Wildman–Crippen LogP) is 2.88. The number of rotatable bonds is 9. The van der Waals surface area contributed by atoms with E-state index in [-0.39, 0.29) is 5.92 Å². The van der Waals surface area contributed by atoms with Crippen molar-refractivity contribution < 1.29 is 28.6 Å². The van der Waals surface area contributed by atoms with Crippen LogP contribution >= 0.6 is 0 Å². The van der Waals surface area contributed by atoms with Crippen molar-refractivity contribution in [1.29, 1.82) is 0 Å². The monoisotopic (exact) mass is 399 g/mol. The standard InChI is InChI=1S/C22H25NO6/c1-14(2)20(23-21(25)16-10-6-8-12-19(16)28-4)22(26)29-13-17(24)15-9-5-7-11-18(15)27-3/h5-12,14,20H,13H2,1-4H3,(H,23,25)/t20-/m0/s1. The Balaban J connectivity index is 2.06. The van der Waals surface area contributed by atoms with Crippen molar-refractivity contribution in [3.05, 3.63) is 59.7 Å². The zero-order chi connectivity index (χ0) is 21.4. The fourth-order valence-electron chi connectivity index (χ4n) is 2.73. The summed E-state index contributed by atoms with van der Waals surface area (Å²) in [5.74, 6) is -0.997. The average molecular weight is 399 g/mol. The Morgan fingerprint density at radius 1 is 0.862 bits per heavy atom. The number of carbonyl (C=O) groups is 3. The van der Waals surface area contributed by atoms with E-state index in [4.69, 9.17) is 14.2 Å². The second-order valence-electron chi connectivity index (χ2n) is 6.63. The van der Waals surface area contributed by atoms with Crippen molar-refractivity contribution in [2.75, 3.05) is 20.8 Å². The molecule has 0 aliphatic carbocycles. The molecular weight excluding hydrogens is 374 g/mol. The minimum atomic E-state index is -0.919. The van der Waals surface area contributed by atoms with Crippen molar-refractivity contribution in [2.45, 2.75) is 19.9 Å². The number of ether oxygens (including phenoxy) is 3. The number of ketones is 1. The van der Waals surface area contributed by atoms with Crippen molar-refractivity contribution in [2.24, 2.45) is 5.92 Å². The third kappa shape index (κ3) is 5.57. The third-order valence-corrected chi connectivity index (χ3v) is 4.31. The van der Waals surface area contributed by atoms with Gasteiger partial charge in [-0.25, -0.2) is 4.79 Å². The van der Waals surface area contributed by atoms with E-state index in [0.29, 0.717) is 22.6 Å². The highest BCUT2D eigenvalue weighted by Crippen LogP contribution is 2.19. The van der Waals surface area contributed by atoms with Gasteiger partial charge in [0.25, 0.3) is 5.91 Å². The summed E-state index contributed by atoms with van der Waals surface area (Å²) in [6, 6.07) is 12.5. The molecule has 7 heteroatoms. The van der Waals surface area contributed by atoms with Crippen LogP contribution in [0.1, 0.15) is 34.6 Å². The highest BCUT2D eigenvalue weighted by atomic mass is 16.5. The summed E-state index contributed by atoms with van der Waals surface area (Å²) in [6.07, 6.45) is 0. The lowest BCUT2D eigenvalue weighted by Gasteiger charge is -2.21. The largest absolute Gasteiger partial charge is 0.496 e. The third-order valence-electron chi connectivity index (χ3n) is 4.31. The fraction of sp³-hybridized carbons (Fsp3) is 0.318. The molecule has 0 bridgehead atoms. The van der Waals surface area contributed by atoms with E-state index in [1.54, 1.807) is 62.4 Å². The molecule has 0 fully saturated rings. The second kappa shape index (κ2) is 10.3. The number of para-hydroxylation sites is 2. The summed E-state index contributed by atoms with van der Waals surface area (Å²) in [5.41, 5.74) is 0.625. The van der Waals surface area contributed by atoms with E-state index in [1.165, 1.54) is 14.2 Å². The molecule has 0 aromatic heterocycles. The van der Waals surface area contributed by atoms with Gasteiger partial charge in [-0.3, -0.25) is 9.59 Å². The molecule has 2 aromatic rings. The molecule has 0 spiro atoms. The number of methoxy groups -OCH3 is 2. The van der Waals surface area contributed by atoms with E-state index in [0.717, 1.165) is 0 Å². The van der Waals surface area contributed by atoms with Gasteiger partial charge in [-0.05, 0) is 30.2 Å². The molecule has 1 atom stereocenters. The van der Waals surface area contributed by atoms with E-state index >= 15 is 0 Å². The zero-order valence-corrected chi connectivity index (χ0v) is 16.9. The summed E-state index contributed by atoms with van der Waals surface area (Å²) in [5, 5.41) is 2.66. The maximum absolute atomic E-state index is 12.6. The van der Waals surface area contributed by atoms with E-state index in [1.807, 2.05) is 0 Å². The van der Waals surface area contributed by atoms with Crippen LogP contribution in [0.4, 0.5) is 0 Å². The molecule has 0 saturated heterocycles. The first kappa shape index (κ1) is 21.9. The highest BCUT2D eigenvalue weighted by Gasteiger charge is 2.28. The van der Waals surface area contributed by atoms with Crippen LogP contribution in [0.5, 0.6) is 11.5 Å². The van der Waals surface area contributed by atoms with Crippen LogP contribution in [0.15, 0.2) is 48.5 Å². The van der Waals surface area contributed by atoms with E-state index < -0.39 is 30.3 Å². The van der Waals surface area contributed by atoms with Crippen LogP contribution in [-0.4, -0.2) is 44.5 Å². The van der Waals surface area contributed by atoms with Crippen molar-refractivity contribution >= 4 is 17.7 Å². The van der Waals surface area contributed by atoms with Gasteiger partial charge in [-0.15, -0.1) is 0 Å². The second-order valence-corrected chi connectivity index (χ2v) is 6.63. The maximum atomic E-state index is 12.6. The van der Waals surface area contributed by atoms with Crippen LogP contribution in [0, 0.1) is 5.92 Å². The van der Waals surface area contributed by atoms with Gasteiger partial charge in [-0.2, -0.15) is 0 Å². The molecule has 0 heterocycles. The van der Waals surface area contributed by atoms with Gasteiger partial charge in [0, 0.05) is 0 Å². The molecule has 0 unspecified atom stereocenters. The quantitative estimate of drug-likeness (QED) is 0.515. The first-order chi connectivity index (χ1) is 13.9. The number of nitrogens with one attached hydrogen (secondary N) is 1. The summed E-state index contributed by atoms with van der Waals surface area (Å²) >= 11 is 0. The topological polar surface area (TPSA) is 90.9 Å². The first-order valence-electron chi connectivity index (χ1n) is 9.15. The molecule has 1 amide bonds. The van der Waals surface area contributed by atoms with Gasteiger partial charge in [-0.1, -0.05) is 38.1 Å². The highest BCUT2D eigenvalue weighted by molar-refractivity contribution is 6.01. The molecule has 154 valence electrons. The summed E-state index contributed by atoms with van der Waals surface area (Å²) in [4.78, 5) is 37.5. The Morgan fingerprint density at radius 3 is 1.93 bits per heavy atom. The van der Waals surface area contributed by atoms with Crippen LogP contribution in [0.25, 0.3) is 0 Å². The van der Waals surface area contributed by atoms with E-state index in [9.17, 15) is 14.4 Å². The molecule has 1 N–H and O–H groups in total. The molecule has 0 radical (unpaired) electrons. The Morgan fingerprint density at radius 2 is 1.38 bits per heavy atom. The minimum absolute atomic E-state index is 0.248. The SMILES string of the molecule is COc1ccccc1C(=O)COC(=O)[C@@H](NC(=O)c1ccccc1OC)C(C)C. The van der Waals surface area contributed by atoms with Gasteiger partial charge in [0.15, 0.2) is 6.61 Å². The van der Waals surface area contributed by atoms with Crippen molar-refractivity contribution in [1.82, 2.24) is 5.32 Å². The molecule has 2 rings (SSSR count). The van der Waals surface area contributed by atoms with Gasteiger partial charge in [0.1, 0.15) is 17.5 Å². The summed E-state index contributed by atoms with van der Waals surface area (Å²) in [7, 11) is 2.92. The average Bonchev–Trinajstić information content (AvgIpc) is 2.74. The molecular formula is C22H25NO6. The van der Waals surface area contributed by atoms with Gasteiger partial charge >= 0.3 is 5.97 Å². The molecule has 2 aromatic carbocycles. The number of benzene rings is 2. The number of Topliss-reactive ketones (excluding diaryl/α,β-unsaturated/α-hetero) is 1. The zero-order valence-electron chi connectivity index (χ0n) is 16.9. The molecule has 0 saturated carbocycles. The normalized spacial score (nSPS) is 11.5. The predicted molar refractivity (Wildman–Crippen MR) is 107 cm³/mol. The Hall–Kier alpha value is -3.35. The first-order valence-corrected chi connectivity index (χ1v) is 9.15. The summed E-state index contributed by atoms with van der Waals surface area (Å²) < 4.78 is 15.5.